The summed E-state index contributed by atoms with van der Waals surface area (Å²) in [7, 11) is 0. The molecule has 0 saturated carbocycles. The van der Waals surface area contributed by atoms with Crippen LogP contribution in [0.3, 0.4) is 0 Å². The molecule has 2 aromatic rings. The summed E-state index contributed by atoms with van der Waals surface area (Å²) in [6.45, 7) is 9.94. The second kappa shape index (κ2) is 5.08. The van der Waals surface area contributed by atoms with Crippen molar-refractivity contribution in [3.05, 3.63) is 58.3 Å². The smallest absolute Gasteiger partial charge is 0.300 e. The molecule has 3 heteroatoms. The fraction of sp³-hybridized carbons (Fsp3) is 0.438. The molecule has 0 radical (unpaired) electrons. The highest BCUT2D eigenvalue weighted by molar-refractivity contribution is 5.27. The highest BCUT2D eigenvalue weighted by Crippen LogP contribution is 2.22. The number of benzene rings is 1. The summed E-state index contributed by atoms with van der Waals surface area (Å²) >= 11 is 0. The standard InChI is InChI=1S/C16H22N2O/c1-5-17-10-11-18(15(17)19)12-13-6-8-14(9-7-13)16(2,3)4/h6-11H,5,12H2,1-4H3. The Bertz CT molecular complexity index is 597. The van der Waals surface area contributed by atoms with Gasteiger partial charge in [-0.2, -0.15) is 0 Å². The van der Waals surface area contributed by atoms with Crippen LogP contribution in [0.2, 0.25) is 0 Å². The van der Waals surface area contributed by atoms with E-state index in [0.29, 0.717) is 6.54 Å². The lowest BCUT2D eigenvalue weighted by Gasteiger charge is -2.19. The molecule has 19 heavy (non-hydrogen) atoms. The van der Waals surface area contributed by atoms with Crippen LogP contribution in [0.4, 0.5) is 0 Å². The zero-order chi connectivity index (χ0) is 14.0. The Morgan fingerprint density at radius 3 is 2.05 bits per heavy atom. The lowest BCUT2D eigenvalue weighted by Crippen LogP contribution is -2.23. The van der Waals surface area contributed by atoms with E-state index in [1.54, 1.807) is 9.13 Å². The van der Waals surface area contributed by atoms with Crippen LogP contribution >= 0.6 is 0 Å². The average molecular weight is 258 g/mol. The van der Waals surface area contributed by atoms with Crippen molar-refractivity contribution in [3.8, 4) is 0 Å². The summed E-state index contributed by atoms with van der Waals surface area (Å²) in [5, 5.41) is 0. The minimum absolute atomic E-state index is 0.0578. The highest BCUT2D eigenvalue weighted by atomic mass is 16.1. The van der Waals surface area contributed by atoms with Crippen molar-refractivity contribution < 1.29 is 0 Å². The molecule has 1 aromatic carbocycles. The molecule has 0 aliphatic carbocycles. The van der Waals surface area contributed by atoms with Gasteiger partial charge in [-0.15, -0.1) is 0 Å². The molecular weight excluding hydrogens is 236 g/mol. The lowest BCUT2D eigenvalue weighted by atomic mass is 9.87. The number of nitrogens with zero attached hydrogens (tertiary/aromatic N) is 2. The first-order chi connectivity index (χ1) is 8.91. The van der Waals surface area contributed by atoms with E-state index in [1.807, 2.05) is 19.3 Å². The summed E-state index contributed by atoms with van der Waals surface area (Å²) < 4.78 is 3.46. The maximum atomic E-state index is 12.0. The molecule has 2 rings (SSSR count). The molecule has 0 atom stereocenters. The second-order valence-corrected chi connectivity index (χ2v) is 5.94. The van der Waals surface area contributed by atoms with Gasteiger partial charge in [-0.25, -0.2) is 4.79 Å². The summed E-state index contributed by atoms with van der Waals surface area (Å²) in [5.74, 6) is 0. The van der Waals surface area contributed by atoms with Gasteiger partial charge in [-0.3, -0.25) is 9.13 Å². The Morgan fingerprint density at radius 2 is 1.58 bits per heavy atom. The quantitative estimate of drug-likeness (QED) is 0.831. The first-order valence-corrected chi connectivity index (χ1v) is 6.77. The first-order valence-electron chi connectivity index (χ1n) is 6.77. The molecule has 0 bridgehead atoms. The Hall–Kier alpha value is -1.77. The summed E-state index contributed by atoms with van der Waals surface area (Å²) in [4.78, 5) is 12.0. The van der Waals surface area contributed by atoms with Crippen molar-refractivity contribution in [1.29, 1.82) is 0 Å². The van der Waals surface area contributed by atoms with Gasteiger partial charge in [0, 0.05) is 18.9 Å². The van der Waals surface area contributed by atoms with Gasteiger partial charge in [-0.1, -0.05) is 45.0 Å². The summed E-state index contributed by atoms with van der Waals surface area (Å²) in [6.07, 6.45) is 3.69. The van der Waals surface area contributed by atoms with Crippen molar-refractivity contribution in [3.63, 3.8) is 0 Å². The minimum Gasteiger partial charge on any atom is -0.300 e. The molecule has 3 nitrogen and oxygen atoms in total. The molecule has 0 saturated heterocycles. The normalized spacial score (nSPS) is 11.8. The predicted octanol–water partition coefficient (Wildman–Crippen LogP) is 3.02. The number of hydrogen-bond acceptors (Lipinski definition) is 1. The average Bonchev–Trinajstić information content (AvgIpc) is 2.70. The van der Waals surface area contributed by atoms with Gasteiger partial charge in [0.25, 0.3) is 0 Å². The van der Waals surface area contributed by atoms with E-state index < -0.39 is 0 Å². The number of rotatable bonds is 3. The van der Waals surface area contributed by atoms with E-state index in [1.165, 1.54) is 5.56 Å². The lowest BCUT2D eigenvalue weighted by molar-refractivity contribution is 0.589. The van der Waals surface area contributed by atoms with Crippen molar-refractivity contribution in [2.75, 3.05) is 0 Å². The molecule has 0 spiro atoms. The number of hydrogen-bond donors (Lipinski definition) is 0. The van der Waals surface area contributed by atoms with Gasteiger partial charge in [0.05, 0.1) is 6.54 Å². The maximum absolute atomic E-state index is 12.0. The largest absolute Gasteiger partial charge is 0.328 e. The number of aryl methyl sites for hydroxylation is 1. The van der Waals surface area contributed by atoms with Crippen molar-refractivity contribution >= 4 is 0 Å². The van der Waals surface area contributed by atoms with Gasteiger partial charge >= 0.3 is 5.69 Å². The van der Waals surface area contributed by atoms with Crippen LogP contribution in [-0.2, 0) is 18.5 Å². The van der Waals surface area contributed by atoms with E-state index >= 15 is 0 Å². The molecule has 0 amide bonds. The monoisotopic (exact) mass is 258 g/mol. The van der Waals surface area contributed by atoms with E-state index in [4.69, 9.17) is 0 Å². The molecule has 0 aliphatic heterocycles. The van der Waals surface area contributed by atoms with Crippen LogP contribution in [-0.4, -0.2) is 9.13 Å². The second-order valence-electron chi connectivity index (χ2n) is 5.94. The number of aromatic nitrogens is 2. The van der Waals surface area contributed by atoms with Gasteiger partial charge in [0.15, 0.2) is 0 Å². The Labute approximate surface area is 114 Å². The van der Waals surface area contributed by atoms with E-state index in [9.17, 15) is 4.79 Å². The van der Waals surface area contributed by atoms with Crippen molar-refractivity contribution in [1.82, 2.24) is 9.13 Å². The minimum atomic E-state index is 0.0578. The van der Waals surface area contributed by atoms with Crippen LogP contribution in [0, 0.1) is 0 Å². The van der Waals surface area contributed by atoms with Gasteiger partial charge in [-0.05, 0) is 23.5 Å². The van der Waals surface area contributed by atoms with Crippen molar-refractivity contribution in [2.24, 2.45) is 0 Å². The number of imidazole rings is 1. The Morgan fingerprint density at radius 1 is 1.00 bits per heavy atom. The molecule has 102 valence electrons. The highest BCUT2D eigenvalue weighted by Gasteiger charge is 2.13. The van der Waals surface area contributed by atoms with E-state index in [-0.39, 0.29) is 11.1 Å². The fourth-order valence-electron chi connectivity index (χ4n) is 2.12. The van der Waals surface area contributed by atoms with Crippen LogP contribution in [0.25, 0.3) is 0 Å². The van der Waals surface area contributed by atoms with Crippen LogP contribution in [0.1, 0.15) is 38.8 Å². The molecule has 1 aromatic heterocycles. The van der Waals surface area contributed by atoms with Crippen molar-refractivity contribution in [2.45, 2.75) is 46.2 Å². The van der Waals surface area contributed by atoms with Crippen LogP contribution < -0.4 is 5.69 Å². The molecule has 0 fully saturated rings. The zero-order valence-corrected chi connectivity index (χ0v) is 12.2. The SMILES string of the molecule is CCn1ccn(Cc2ccc(C(C)(C)C)cc2)c1=O. The van der Waals surface area contributed by atoms with Gasteiger partial charge < -0.3 is 0 Å². The summed E-state index contributed by atoms with van der Waals surface area (Å²) in [6, 6.07) is 8.51. The van der Waals surface area contributed by atoms with Crippen LogP contribution in [0.15, 0.2) is 41.5 Å². The molecule has 0 unspecified atom stereocenters. The Kier molecular flexibility index (Phi) is 3.65. The zero-order valence-electron chi connectivity index (χ0n) is 12.2. The molecular formula is C16H22N2O. The van der Waals surface area contributed by atoms with E-state index in [2.05, 4.69) is 45.0 Å². The van der Waals surface area contributed by atoms with Crippen LogP contribution in [0.5, 0.6) is 0 Å². The molecule has 0 aliphatic rings. The van der Waals surface area contributed by atoms with Gasteiger partial charge in [0.2, 0.25) is 0 Å². The fourth-order valence-corrected chi connectivity index (χ4v) is 2.12. The van der Waals surface area contributed by atoms with E-state index in [0.717, 1.165) is 12.1 Å². The first kappa shape index (κ1) is 13.7. The summed E-state index contributed by atoms with van der Waals surface area (Å²) in [5.41, 5.74) is 2.70. The predicted molar refractivity (Wildman–Crippen MR) is 78.6 cm³/mol. The Balaban J connectivity index is 2.20. The molecule has 1 heterocycles. The van der Waals surface area contributed by atoms with Gasteiger partial charge in [0.1, 0.15) is 0 Å². The topological polar surface area (TPSA) is 26.9 Å². The maximum Gasteiger partial charge on any atom is 0.328 e. The third-order valence-electron chi connectivity index (χ3n) is 3.43. The third-order valence-corrected chi connectivity index (χ3v) is 3.43. The molecule has 0 N–H and O–H groups in total. The third kappa shape index (κ3) is 2.98.